The standard InChI is InChI=1S/C5H8N2OS.2C2H6/c1-2-7-3-4(9)6-5(7)8;2*1-2/h2-3H2,1H3,(H,6,8,9);2*1-2H3. The number of likely N-dealkylation sites (N-methyl/N-ethyl adjacent to an activating group) is 1. The van der Waals surface area contributed by atoms with E-state index in [1.807, 2.05) is 34.6 Å². The van der Waals surface area contributed by atoms with E-state index in [2.05, 4.69) is 5.32 Å². The highest BCUT2D eigenvalue weighted by Gasteiger charge is 2.21. The number of thiocarbonyl (C=S) groups is 1. The van der Waals surface area contributed by atoms with Crippen LogP contribution in [0.2, 0.25) is 0 Å². The van der Waals surface area contributed by atoms with Crippen molar-refractivity contribution in [2.45, 2.75) is 34.6 Å². The number of carbonyl (C=O) groups excluding carboxylic acids is 1. The van der Waals surface area contributed by atoms with Crippen LogP contribution >= 0.6 is 12.2 Å². The van der Waals surface area contributed by atoms with E-state index in [-0.39, 0.29) is 6.03 Å². The summed E-state index contributed by atoms with van der Waals surface area (Å²) < 4.78 is 0. The fraction of sp³-hybridized carbons (Fsp3) is 0.778. The Morgan fingerprint density at radius 3 is 2.00 bits per heavy atom. The van der Waals surface area contributed by atoms with Gasteiger partial charge in [-0.15, -0.1) is 0 Å². The lowest BCUT2D eigenvalue weighted by molar-refractivity contribution is 0.219. The van der Waals surface area contributed by atoms with Crippen LogP contribution in [0.1, 0.15) is 34.6 Å². The van der Waals surface area contributed by atoms with Gasteiger partial charge in [0, 0.05) is 6.54 Å². The first-order valence-corrected chi connectivity index (χ1v) is 5.23. The van der Waals surface area contributed by atoms with Gasteiger partial charge < -0.3 is 10.2 Å². The average molecular weight is 204 g/mol. The maximum Gasteiger partial charge on any atom is 0.322 e. The monoisotopic (exact) mass is 204 g/mol. The first-order chi connectivity index (χ1) is 6.24. The maximum absolute atomic E-state index is 10.7. The predicted molar refractivity (Wildman–Crippen MR) is 61.1 cm³/mol. The molecule has 0 atom stereocenters. The van der Waals surface area contributed by atoms with Crippen molar-refractivity contribution in [3.05, 3.63) is 0 Å². The number of nitrogens with zero attached hydrogens (tertiary/aromatic N) is 1. The van der Waals surface area contributed by atoms with Crippen LogP contribution in [0.15, 0.2) is 0 Å². The number of carbonyl (C=O) groups is 1. The van der Waals surface area contributed by atoms with Crippen LogP contribution in [-0.2, 0) is 0 Å². The predicted octanol–water partition coefficient (Wildman–Crippen LogP) is 2.41. The van der Waals surface area contributed by atoms with E-state index in [4.69, 9.17) is 12.2 Å². The van der Waals surface area contributed by atoms with E-state index in [9.17, 15) is 4.79 Å². The lowest BCUT2D eigenvalue weighted by Crippen LogP contribution is -2.27. The van der Waals surface area contributed by atoms with Gasteiger partial charge >= 0.3 is 6.03 Å². The fourth-order valence-electron chi connectivity index (χ4n) is 0.738. The molecule has 78 valence electrons. The minimum atomic E-state index is -0.0671. The van der Waals surface area contributed by atoms with E-state index in [0.29, 0.717) is 11.5 Å². The molecule has 0 aromatic carbocycles. The Balaban J connectivity index is 0. The molecule has 0 aliphatic carbocycles. The van der Waals surface area contributed by atoms with Gasteiger partial charge in [-0.2, -0.15) is 0 Å². The largest absolute Gasteiger partial charge is 0.322 e. The van der Waals surface area contributed by atoms with Crippen molar-refractivity contribution >= 4 is 23.2 Å². The molecule has 0 unspecified atom stereocenters. The van der Waals surface area contributed by atoms with Crippen molar-refractivity contribution in [3.63, 3.8) is 0 Å². The molecule has 0 spiro atoms. The Kier molecular flexibility index (Phi) is 10.8. The first-order valence-electron chi connectivity index (χ1n) is 4.82. The van der Waals surface area contributed by atoms with Crippen LogP contribution in [0.25, 0.3) is 0 Å². The molecule has 1 saturated heterocycles. The van der Waals surface area contributed by atoms with Crippen molar-refractivity contribution in [1.29, 1.82) is 0 Å². The molecule has 0 saturated carbocycles. The normalized spacial score (nSPS) is 13.8. The fourth-order valence-corrected chi connectivity index (χ4v) is 0.982. The number of amides is 2. The van der Waals surface area contributed by atoms with Gasteiger partial charge in [-0.25, -0.2) is 4.79 Å². The lowest BCUT2D eigenvalue weighted by atomic mass is 10.6. The molecule has 0 radical (unpaired) electrons. The third-order valence-electron chi connectivity index (χ3n) is 1.25. The second-order valence-corrected chi connectivity index (χ2v) is 2.36. The number of hydrogen-bond donors (Lipinski definition) is 1. The van der Waals surface area contributed by atoms with Crippen LogP contribution in [0.4, 0.5) is 4.79 Å². The molecule has 1 heterocycles. The van der Waals surface area contributed by atoms with Crippen LogP contribution < -0.4 is 5.32 Å². The molecule has 4 heteroatoms. The molecule has 1 fully saturated rings. The zero-order valence-electron chi connectivity index (χ0n) is 9.18. The Morgan fingerprint density at radius 1 is 1.38 bits per heavy atom. The lowest BCUT2D eigenvalue weighted by Gasteiger charge is -2.07. The van der Waals surface area contributed by atoms with Crippen LogP contribution in [0.5, 0.6) is 0 Å². The van der Waals surface area contributed by atoms with Gasteiger partial charge in [0.05, 0.1) is 6.54 Å². The van der Waals surface area contributed by atoms with Crippen molar-refractivity contribution in [2.75, 3.05) is 13.1 Å². The van der Waals surface area contributed by atoms with Crippen molar-refractivity contribution in [2.24, 2.45) is 0 Å². The van der Waals surface area contributed by atoms with Crippen molar-refractivity contribution < 1.29 is 4.79 Å². The van der Waals surface area contributed by atoms with Gasteiger partial charge in [0.15, 0.2) is 0 Å². The van der Waals surface area contributed by atoms with E-state index in [1.165, 1.54) is 0 Å². The van der Waals surface area contributed by atoms with Gasteiger partial charge in [-0.3, -0.25) is 0 Å². The van der Waals surface area contributed by atoms with E-state index in [0.717, 1.165) is 6.54 Å². The molecular formula is C9H20N2OS. The Hall–Kier alpha value is -0.640. The summed E-state index contributed by atoms with van der Waals surface area (Å²) in [5.41, 5.74) is 0. The van der Waals surface area contributed by atoms with Crippen molar-refractivity contribution in [3.8, 4) is 0 Å². The van der Waals surface area contributed by atoms with Crippen LogP contribution in [-0.4, -0.2) is 29.0 Å². The zero-order valence-corrected chi connectivity index (χ0v) is 9.99. The van der Waals surface area contributed by atoms with E-state index in [1.54, 1.807) is 4.90 Å². The number of rotatable bonds is 1. The van der Waals surface area contributed by atoms with Gasteiger partial charge in [-0.05, 0) is 6.92 Å². The summed E-state index contributed by atoms with van der Waals surface area (Å²) in [5, 5.41) is 2.54. The van der Waals surface area contributed by atoms with E-state index < -0.39 is 0 Å². The summed E-state index contributed by atoms with van der Waals surface area (Å²) in [6.45, 7) is 11.2. The third-order valence-corrected chi connectivity index (χ3v) is 1.48. The highest BCUT2D eigenvalue weighted by Crippen LogP contribution is 1.96. The molecule has 3 nitrogen and oxygen atoms in total. The minimum Gasteiger partial charge on any atom is -0.318 e. The summed E-state index contributed by atoms with van der Waals surface area (Å²) in [7, 11) is 0. The molecule has 1 aliphatic rings. The number of nitrogens with one attached hydrogen (secondary N) is 1. The second-order valence-electron chi connectivity index (χ2n) is 1.87. The molecule has 0 bridgehead atoms. The summed E-state index contributed by atoms with van der Waals surface area (Å²) >= 11 is 4.77. The molecule has 0 aromatic rings. The molecule has 1 aliphatic heterocycles. The summed E-state index contributed by atoms with van der Waals surface area (Å²) in [6.07, 6.45) is 0. The van der Waals surface area contributed by atoms with Crippen LogP contribution in [0.3, 0.4) is 0 Å². The Morgan fingerprint density at radius 2 is 1.85 bits per heavy atom. The molecular weight excluding hydrogens is 184 g/mol. The summed E-state index contributed by atoms with van der Waals surface area (Å²) in [4.78, 5) is 13.0. The second kappa shape index (κ2) is 9.45. The Labute approximate surface area is 86.5 Å². The molecule has 0 aromatic heterocycles. The maximum atomic E-state index is 10.7. The SMILES string of the molecule is CC.CC.CCN1CC(=S)NC1=O. The van der Waals surface area contributed by atoms with Gasteiger partial charge in [-0.1, -0.05) is 39.9 Å². The summed E-state index contributed by atoms with van der Waals surface area (Å²) in [5.74, 6) is 0. The highest BCUT2D eigenvalue weighted by molar-refractivity contribution is 7.80. The van der Waals surface area contributed by atoms with Gasteiger partial charge in [0.1, 0.15) is 4.99 Å². The molecule has 1 N–H and O–H groups in total. The van der Waals surface area contributed by atoms with Crippen LogP contribution in [0, 0.1) is 0 Å². The number of urea groups is 1. The highest BCUT2D eigenvalue weighted by atomic mass is 32.1. The topological polar surface area (TPSA) is 32.3 Å². The quantitative estimate of drug-likeness (QED) is 0.665. The van der Waals surface area contributed by atoms with Gasteiger partial charge in [0.25, 0.3) is 0 Å². The average Bonchev–Trinajstić information content (AvgIpc) is 2.51. The first kappa shape index (κ1) is 14.9. The minimum absolute atomic E-state index is 0.0671. The molecule has 2 amide bonds. The van der Waals surface area contributed by atoms with E-state index >= 15 is 0 Å². The Bertz CT molecular complexity index is 160. The number of hydrogen-bond acceptors (Lipinski definition) is 2. The molecule has 1 rings (SSSR count). The smallest absolute Gasteiger partial charge is 0.318 e. The van der Waals surface area contributed by atoms with Gasteiger partial charge in [0.2, 0.25) is 0 Å². The third kappa shape index (κ3) is 5.58. The molecule has 13 heavy (non-hydrogen) atoms. The van der Waals surface area contributed by atoms with Crippen molar-refractivity contribution in [1.82, 2.24) is 10.2 Å². The zero-order chi connectivity index (χ0) is 10.9. The summed E-state index contributed by atoms with van der Waals surface area (Å²) in [6, 6.07) is -0.0671.